The largest absolute Gasteiger partial charge is 0.507 e. The number of phenolic OH excluding ortho intramolecular Hbond substituents is 1. The van der Waals surface area contributed by atoms with Gasteiger partial charge in [0.15, 0.2) is 8.03 Å². The highest BCUT2D eigenvalue weighted by Crippen LogP contribution is 2.37. The van der Waals surface area contributed by atoms with Gasteiger partial charge in [0.05, 0.1) is 17.6 Å². The molecule has 0 saturated heterocycles. The van der Waals surface area contributed by atoms with Crippen molar-refractivity contribution in [3.8, 4) is 5.75 Å². The first-order valence-electron chi connectivity index (χ1n) is 8.73. The molecular formula is C21H18NO5P. The van der Waals surface area contributed by atoms with Gasteiger partial charge in [0, 0.05) is 17.4 Å². The summed E-state index contributed by atoms with van der Waals surface area (Å²) in [5.74, 6) is -1.41. The molecule has 28 heavy (non-hydrogen) atoms. The van der Waals surface area contributed by atoms with Crippen molar-refractivity contribution >= 4 is 41.4 Å². The second-order valence-corrected chi connectivity index (χ2v) is 7.74. The van der Waals surface area contributed by atoms with E-state index in [4.69, 9.17) is 4.42 Å². The number of hydrogen-bond acceptors (Lipinski definition) is 4. The lowest BCUT2D eigenvalue weighted by Gasteiger charge is -2.15. The molecule has 2 atom stereocenters. The summed E-state index contributed by atoms with van der Waals surface area (Å²) in [6.45, 7) is 0. The third kappa shape index (κ3) is 3.52. The fourth-order valence-corrected chi connectivity index (χ4v) is 4.12. The lowest BCUT2D eigenvalue weighted by molar-refractivity contribution is -0.117. The smallest absolute Gasteiger partial charge is 0.232 e. The zero-order chi connectivity index (χ0) is 19.7. The Kier molecular flexibility index (Phi) is 4.90. The minimum absolute atomic E-state index is 0.0395. The molecule has 1 aromatic heterocycles. The standard InChI is InChI=1S/C21H18NO5P/c23-18-6-3-7-19-20(18)16(11-27-19)17(12-28(25)26)21(24)22-15-9-8-13-4-1-2-5-14(13)10-15/h1-11,17,23,28H,12H2,(H,22,24)(H,25,26). The number of amides is 1. The maximum Gasteiger partial charge on any atom is 0.232 e. The zero-order valence-corrected chi connectivity index (χ0v) is 15.8. The first-order valence-corrected chi connectivity index (χ1v) is 10.3. The van der Waals surface area contributed by atoms with Crippen LogP contribution in [0.25, 0.3) is 21.7 Å². The van der Waals surface area contributed by atoms with Gasteiger partial charge in [-0.3, -0.25) is 9.36 Å². The van der Waals surface area contributed by atoms with Crippen LogP contribution in [-0.2, 0) is 9.36 Å². The normalized spacial score (nSPS) is 13.5. The van der Waals surface area contributed by atoms with Crippen molar-refractivity contribution in [3.63, 3.8) is 0 Å². The first-order chi connectivity index (χ1) is 13.5. The average Bonchev–Trinajstić information content (AvgIpc) is 3.11. The van der Waals surface area contributed by atoms with Gasteiger partial charge in [-0.1, -0.05) is 36.4 Å². The molecule has 142 valence electrons. The quantitative estimate of drug-likeness (QED) is 0.433. The minimum Gasteiger partial charge on any atom is -0.507 e. The number of nitrogens with one attached hydrogen (secondary N) is 1. The maximum atomic E-state index is 13.0. The summed E-state index contributed by atoms with van der Waals surface area (Å²) in [7, 11) is -2.94. The van der Waals surface area contributed by atoms with Gasteiger partial charge in [0.25, 0.3) is 0 Å². The first kappa shape index (κ1) is 18.3. The summed E-state index contributed by atoms with van der Waals surface area (Å²) in [4.78, 5) is 22.5. The van der Waals surface area contributed by atoms with Crippen LogP contribution in [0, 0.1) is 0 Å². The fraction of sp³-hybridized carbons (Fsp3) is 0.0952. The number of rotatable bonds is 5. The van der Waals surface area contributed by atoms with Gasteiger partial charge in [-0.15, -0.1) is 0 Å². The van der Waals surface area contributed by atoms with E-state index in [2.05, 4.69) is 5.32 Å². The van der Waals surface area contributed by atoms with E-state index in [0.29, 0.717) is 22.2 Å². The lowest BCUT2D eigenvalue weighted by Crippen LogP contribution is -2.23. The summed E-state index contributed by atoms with van der Waals surface area (Å²) in [5, 5.41) is 15.4. The van der Waals surface area contributed by atoms with Gasteiger partial charge < -0.3 is 19.7 Å². The monoisotopic (exact) mass is 395 g/mol. The van der Waals surface area contributed by atoms with Gasteiger partial charge in [-0.25, -0.2) is 0 Å². The molecule has 0 bridgehead atoms. The Morgan fingerprint density at radius 2 is 1.86 bits per heavy atom. The summed E-state index contributed by atoms with van der Waals surface area (Å²) in [5.41, 5.74) is 1.39. The number of carbonyl (C=O) groups is 1. The van der Waals surface area contributed by atoms with Crippen molar-refractivity contribution in [1.29, 1.82) is 0 Å². The average molecular weight is 395 g/mol. The molecule has 4 rings (SSSR count). The van der Waals surface area contributed by atoms with Crippen molar-refractivity contribution in [1.82, 2.24) is 0 Å². The van der Waals surface area contributed by atoms with E-state index in [1.165, 1.54) is 12.3 Å². The van der Waals surface area contributed by atoms with E-state index < -0.39 is 19.9 Å². The van der Waals surface area contributed by atoms with E-state index in [9.17, 15) is 19.4 Å². The Balaban J connectivity index is 1.70. The van der Waals surface area contributed by atoms with Crippen LogP contribution >= 0.6 is 8.03 Å². The molecule has 0 aliphatic rings. The third-order valence-corrected chi connectivity index (χ3v) is 5.45. The van der Waals surface area contributed by atoms with Gasteiger partial charge in [0.1, 0.15) is 11.3 Å². The lowest BCUT2D eigenvalue weighted by atomic mass is 9.98. The molecule has 2 unspecified atom stereocenters. The third-order valence-electron chi connectivity index (χ3n) is 4.69. The molecule has 0 radical (unpaired) electrons. The Morgan fingerprint density at radius 1 is 1.07 bits per heavy atom. The van der Waals surface area contributed by atoms with Crippen molar-refractivity contribution in [2.45, 2.75) is 5.92 Å². The number of hydrogen-bond donors (Lipinski definition) is 3. The number of benzene rings is 3. The minimum atomic E-state index is -2.94. The van der Waals surface area contributed by atoms with E-state index in [-0.39, 0.29) is 11.9 Å². The molecule has 6 nitrogen and oxygen atoms in total. The second-order valence-electron chi connectivity index (χ2n) is 6.54. The van der Waals surface area contributed by atoms with Gasteiger partial charge in [0.2, 0.25) is 5.91 Å². The van der Waals surface area contributed by atoms with Gasteiger partial charge >= 0.3 is 0 Å². The summed E-state index contributed by atoms with van der Waals surface area (Å²) >= 11 is 0. The Morgan fingerprint density at radius 3 is 2.64 bits per heavy atom. The topological polar surface area (TPSA) is 99.8 Å². The highest BCUT2D eigenvalue weighted by molar-refractivity contribution is 7.38. The van der Waals surface area contributed by atoms with Crippen molar-refractivity contribution in [2.24, 2.45) is 0 Å². The van der Waals surface area contributed by atoms with Crippen LogP contribution in [0.3, 0.4) is 0 Å². The maximum absolute atomic E-state index is 13.0. The Hall–Kier alpha value is -3.08. The summed E-state index contributed by atoms with van der Waals surface area (Å²) < 4.78 is 17.0. The van der Waals surface area contributed by atoms with E-state index in [1.54, 1.807) is 18.2 Å². The summed E-state index contributed by atoms with van der Waals surface area (Å²) in [6.07, 6.45) is 1.12. The molecule has 3 N–H and O–H groups in total. The number of anilines is 1. The van der Waals surface area contributed by atoms with Crippen LogP contribution in [0.5, 0.6) is 5.75 Å². The van der Waals surface area contributed by atoms with Crippen LogP contribution in [-0.4, -0.2) is 22.1 Å². The molecule has 0 spiro atoms. The molecule has 0 aliphatic carbocycles. The van der Waals surface area contributed by atoms with Crippen molar-refractivity contribution in [2.75, 3.05) is 11.5 Å². The van der Waals surface area contributed by atoms with E-state index in [1.807, 2.05) is 36.4 Å². The van der Waals surface area contributed by atoms with Gasteiger partial charge in [-0.05, 0) is 35.0 Å². The highest BCUT2D eigenvalue weighted by atomic mass is 31.1. The second kappa shape index (κ2) is 7.50. The molecule has 0 fully saturated rings. The molecule has 0 aliphatic heterocycles. The predicted octanol–water partition coefficient (Wildman–Crippen LogP) is 4.48. The zero-order valence-electron chi connectivity index (χ0n) is 14.8. The van der Waals surface area contributed by atoms with Crippen LogP contribution in [0.1, 0.15) is 11.5 Å². The van der Waals surface area contributed by atoms with Crippen LogP contribution in [0.15, 0.2) is 71.3 Å². The Bertz CT molecular complexity index is 1200. The number of aromatic hydroxyl groups is 1. The number of furan rings is 1. The molecular weight excluding hydrogens is 377 g/mol. The SMILES string of the molecule is O=C(Nc1ccc2ccccc2c1)C(C[PH](=O)O)c1coc2cccc(O)c12. The Labute approximate surface area is 161 Å². The van der Waals surface area contributed by atoms with Crippen LogP contribution in [0.2, 0.25) is 0 Å². The van der Waals surface area contributed by atoms with Crippen molar-refractivity contribution < 1.29 is 23.8 Å². The molecule has 1 heterocycles. The van der Waals surface area contributed by atoms with Crippen molar-refractivity contribution in [3.05, 3.63) is 72.5 Å². The van der Waals surface area contributed by atoms with Gasteiger partial charge in [-0.2, -0.15) is 0 Å². The number of carbonyl (C=O) groups excluding carboxylic acids is 1. The number of fused-ring (bicyclic) bond motifs is 2. The fourth-order valence-electron chi connectivity index (χ4n) is 3.37. The molecule has 1 amide bonds. The van der Waals surface area contributed by atoms with E-state index >= 15 is 0 Å². The predicted molar refractivity (Wildman–Crippen MR) is 109 cm³/mol. The van der Waals surface area contributed by atoms with E-state index in [0.717, 1.165) is 10.8 Å². The summed E-state index contributed by atoms with van der Waals surface area (Å²) in [6, 6.07) is 18.1. The molecule has 4 aromatic rings. The molecule has 0 saturated carbocycles. The number of phenols is 1. The van der Waals surface area contributed by atoms with Crippen LogP contribution < -0.4 is 5.32 Å². The highest BCUT2D eigenvalue weighted by Gasteiger charge is 2.27. The molecule has 3 aromatic carbocycles. The van der Waals surface area contributed by atoms with Crippen LogP contribution in [0.4, 0.5) is 5.69 Å². The molecule has 7 heteroatoms.